The third-order valence-electron chi connectivity index (χ3n) is 6.49. The van der Waals surface area contributed by atoms with Gasteiger partial charge in [-0.15, -0.1) is 0 Å². The minimum absolute atomic E-state index is 0.0345. The Morgan fingerprint density at radius 2 is 1.79 bits per heavy atom. The summed E-state index contributed by atoms with van der Waals surface area (Å²) in [5.41, 5.74) is 2.78. The molecule has 3 amide bonds. The number of imide groups is 1. The average molecular weight is 481 g/mol. The molecule has 0 unspecified atom stereocenters. The monoisotopic (exact) mass is 480 g/mol. The largest absolute Gasteiger partial charge is 0.367 e. The number of pyridine rings is 2. The number of halogens is 1. The SMILES string of the molecule is O=C1CC(C(=O)NC2CCC(Nc3cc(-c4c[nH]c5ncccc45)cc(Cl)n3)CC2)CC(=O)N1. The highest BCUT2D eigenvalue weighted by molar-refractivity contribution is 6.29. The van der Waals surface area contributed by atoms with Crippen LogP contribution in [0.4, 0.5) is 5.82 Å². The number of aromatic amines is 1. The molecule has 10 heteroatoms. The molecule has 9 nitrogen and oxygen atoms in total. The molecule has 1 saturated heterocycles. The topological polar surface area (TPSA) is 129 Å². The number of rotatable bonds is 5. The number of H-pyrrole nitrogens is 1. The van der Waals surface area contributed by atoms with Crippen LogP contribution in [-0.2, 0) is 14.4 Å². The molecule has 34 heavy (non-hydrogen) atoms. The molecule has 1 aliphatic carbocycles. The summed E-state index contributed by atoms with van der Waals surface area (Å²) >= 11 is 6.33. The second kappa shape index (κ2) is 9.42. The second-order valence-electron chi connectivity index (χ2n) is 8.94. The fourth-order valence-corrected chi connectivity index (χ4v) is 5.00. The molecule has 3 aromatic rings. The van der Waals surface area contributed by atoms with Crippen LogP contribution in [-0.4, -0.2) is 44.8 Å². The van der Waals surface area contributed by atoms with E-state index >= 15 is 0 Å². The van der Waals surface area contributed by atoms with E-state index in [1.165, 1.54) is 0 Å². The van der Waals surface area contributed by atoms with Gasteiger partial charge >= 0.3 is 0 Å². The van der Waals surface area contributed by atoms with Gasteiger partial charge in [-0.1, -0.05) is 11.6 Å². The number of carbonyl (C=O) groups is 3. The van der Waals surface area contributed by atoms with Crippen LogP contribution in [0.5, 0.6) is 0 Å². The van der Waals surface area contributed by atoms with Crippen molar-refractivity contribution >= 4 is 46.2 Å². The highest BCUT2D eigenvalue weighted by Crippen LogP contribution is 2.31. The maximum atomic E-state index is 12.5. The molecular formula is C24H25ClN6O3. The van der Waals surface area contributed by atoms with E-state index in [4.69, 9.17) is 11.6 Å². The van der Waals surface area contributed by atoms with Crippen molar-refractivity contribution in [1.82, 2.24) is 25.6 Å². The minimum atomic E-state index is -0.578. The molecular weight excluding hydrogens is 456 g/mol. The number of piperidine rings is 1. The lowest BCUT2D eigenvalue weighted by atomic mass is 9.89. The summed E-state index contributed by atoms with van der Waals surface area (Å²) in [5.74, 6) is -0.858. The van der Waals surface area contributed by atoms with Crippen LogP contribution >= 0.6 is 11.6 Å². The summed E-state index contributed by atoms with van der Waals surface area (Å²) < 4.78 is 0. The van der Waals surface area contributed by atoms with Gasteiger partial charge in [0.25, 0.3) is 0 Å². The number of anilines is 1. The molecule has 2 fully saturated rings. The Bertz CT molecular complexity index is 1230. The van der Waals surface area contributed by atoms with E-state index in [9.17, 15) is 14.4 Å². The Kier molecular flexibility index (Phi) is 6.19. The fourth-order valence-electron chi connectivity index (χ4n) is 4.79. The highest BCUT2D eigenvalue weighted by atomic mass is 35.5. The second-order valence-corrected chi connectivity index (χ2v) is 9.33. The van der Waals surface area contributed by atoms with Crippen molar-refractivity contribution in [3.05, 3.63) is 41.8 Å². The van der Waals surface area contributed by atoms with Crippen LogP contribution in [0, 0.1) is 5.92 Å². The van der Waals surface area contributed by atoms with Crippen molar-refractivity contribution in [3.63, 3.8) is 0 Å². The predicted molar refractivity (Wildman–Crippen MR) is 128 cm³/mol. The van der Waals surface area contributed by atoms with E-state index in [1.807, 2.05) is 30.5 Å². The number of amides is 3. The van der Waals surface area contributed by atoms with Crippen molar-refractivity contribution in [2.45, 2.75) is 50.6 Å². The predicted octanol–water partition coefficient (Wildman–Crippen LogP) is 3.17. The zero-order chi connectivity index (χ0) is 23.7. The first-order valence-corrected chi connectivity index (χ1v) is 11.8. The van der Waals surface area contributed by atoms with Crippen molar-refractivity contribution in [2.24, 2.45) is 5.92 Å². The summed E-state index contributed by atoms with van der Waals surface area (Å²) in [4.78, 5) is 47.6. The van der Waals surface area contributed by atoms with Crippen LogP contribution in [0.25, 0.3) is 22.2 Å². The summed E-state index contributed by atoms with van der Waals surface area (Å²) in [6.45, 7) is 0. The van der Waals surface area contributed by atoms with Gasteiger partial charge < -0.3 is 15.6 Å². The minimum Gasteiger partial charge on any atom is -0.367 e. The zero-order valence-electron chi connectivity index (χ0n) is 18.4. The number of fused-ring (bicyclic) bond motifs is 1. The molecule has 0 bridgehead atoms. The highest BCUT2D eigenvalue weighted by Gasteiger charge is 2.32. The molecule has 0 radical (unpaired) electrons. The lowest BCUT2D eigenvalue weighted by molar-refractivity contribution is -0.140. The van der Waals surface area contributed by atoms with E-state index in [2.05, 4.69) is 30.9 Å². The fraction of sp³-hybridized carbons (Fsp3) is 0.375. The van der Waals surface area contributed by atoms with Gasteiger partial charge in [0.1, 0.15) is 16.6 Å². The number of hydrogen-bond donors (Lipinski definition) is 4. The van der Waals surface area contributed by atoms with E-state index in [1.54, 1.807) is 6.20 Å². The summed E-state index contributed by atoms with van der Waals surface area (Å²) in [5, 5.41) is 10.2. The Balaban J connectivity index is 1.19. The lowest BCUT2D eigenvalue weighted by Gasteiger charge is -2.31. The Morgan fingerprint density at radius 3 is 2.56 bits per heavy atom. The summed E-state index contributed by atoms with van der Waals surface area (Å²) in [6.07, 6.45) is 7.11. The van der Waals surface area contributed by atoms with Crippen molar-refractivity contribution in [2.75, 3.05) is 5.32 Å². The number of carbonyl (C=O) groups excluding carboxylic acids is 3. The molecule has 0 atom stereocenters. The molecule has 4 N–H and O–H groups in total. The first-order valence-electron chi connectivity index (χ1n) is 11.4. The third kappa shape index (κ3) is 4.89. The van der Waals surface area contributed by atoms with Crippen LogP contribution in [0.1, 0.15) is 38.5 Å². The molecule has 176 valence electrons. The first kappa shape index (κ1) is 22.3. The lowest BCUT2D eigenvalue weighted by Crippen LogP contribution is -2.47. The molecule has 4 heterocycles. The van der Waals surface area contributed by atoms with Gasteiger partial charge in [0.05, 0.1) is 5.92 Å². The normalized spacial score (nSPS) is 21.3. The van der Waals surface area contributed by atoms with E-state index in [0.717, 1.165) is 47.8 Å². The standard InChI is InChI=1S/C24H25ClN6O3/c25-19-8-13(18-12-27-23-17(18)2-1-7-26-23)9-20(30-19)28-15-3-5-16(6-4-15)29-24(34)14-10-21(32)31-22(33)11-14/h1-2,7-9,12,14-16H,3-6,10-11H2,(H,26,27)(H,28,30)(H,29,34)(H,31,32,33). The summed E-state index contributed by atoms with van der Waals surface area (Å²) in [6, 6.07) is 7.98. The van der Waals surface area contributed by atoms with Gasteiger partial charge in [0.2, 0.25) is 17.7 Å². The first-order chi connectivity index (χ1) is 16.4. The molecule has 1 saturated carbocycles. The number of hydrogen-bond acceptors (Lipinski definition) is 6. The Labute approximate surface area is 201 Å². The molecule has 5 rings (SSSR count). The van der Waals surface area contributed by atoms with E-state index in [0.29, 0.717) is 11.0 Å². The van der Waals surface area contributed by atoms with E-state index in [-0.39, 0.29) is 42.6 Å². The van der Waals surface area contributed by atoms with Crippen molar-refractivity contribution < 1.29 is 14.4 Å². The van der Waals surface area contributed by atoms with Crippen molar-refractivity contribution in [3.8, 4) is 11.1 Å². The summed E-state index contributed by atoms with van der Waals surface area (Å²) in [7, 11) is 0. The number of nitrogens with one attached hydrogen (secondary N) is 4. The molecule has 2 aliphatic rings. The van der Waals surface area contributed by atoms with Gasteiger partial charge in [-0.3, -0.25) is 19.7 Å². The quantitative estimate of drug-likeness (QED) is 0.328. The number of aromatic nitrogens is 3. The molecule has 3 aromatic heterocycles. The van der Waals surface area contributed by atoms with Gasteiger partial charge in [-0.2, -0.15) is 0 Å². The van der Waals surface area contributed by atoms with Crippen LogP contribution in [0.2, 0.25) is 5.15 Å². The molecule has 0 spiro atoms. The van der Waals surface area contributed by atoms with Gasteiger partial charge in [0, 0.05) is 48.3 Å². The average Bonchev–Trinajstić information content (AvgIpc) is 3.24. The maximum absolute atomic E-state index is 12.5. The van der Waals surface area contributed by atoms with Crippen LogP contribution in [0.15, 0.2) is 36.7 Å². The smallest absolute Gasteiger partial charge is 0.227 e. The number of nitrogens with zero attached hydrogens (tertiary/aromatic N) is 2. The van der Waals surface area contributed by atoms with Crippen LogP contribution in [0.3, 0.4) is 0 Å². The van der Waals surface area contributed by atoms with E-state index < -0.39 is 5.92 Å². The zero-order valence-corrected chi connectivity index (χ0v) is 19.2. The maximum Gasteiger partial charge on any atom is 0.227 e. The Hall–Kier alpha value is -3.46. The molecule has 1 aliphatic heterocycles. The molecule has 0 aromatic carbocycles. The van der Waals surface area contributed by atoms with Gasteiger partial charge in [0.15, 0.2) is 0 Å². The third-order valence-corrected chi connectivity index (χ3v) is 6.69. The van der Waals surface area contributed by atoms with Gasteiger partial charge in [-0.05, 0) is 55.5 Å². The van der Waals surface area contributed by atoms with Crippen molar-refractivity contribution in [1.29, 1.82) is 0 Å². The Morgan fingerprint density at radius 1 is 1.06 bits per heavy atom. The van der Waals surface area contributed by atoms with Crippen LogP contribution < -0.4 is 16.0 Å². The van der Waals surface area contributed by atoms with Gasteiger partial charge in [-0.25, -0.2) is 9.97 Å².